The van der Waals surface area contributed by atoms with Crippen molar-refractivity contribution in [3.63, 3.8) is 0 Å². The van der Waals surface area contributed by atoms with E-state index in [0.29, 0.717) is 11.6 Å². The lowest BCUT2D eigenvalue weighted by Gasteiger charge is -2.19. The van der Waals surface area contributed by atoms with Gasteiger partial charge >= 0.3 is 5.97 Å². The van der Waals surface area contributed by atoms with Crippen LogP contribution in [0.25, 0.3) is 0 Å². The predicted octanol–water partition coefficient (Wildman–Crippen LogP) is 3.94. The molecule has 4 heteroatoms. The van der Waals surface area contributed by atoms with Gasteiger partial charge in [-0.2, -0.15) is 0 Å². The Labute approximate surface area is 122 Å². The van der Waals surface area contributed by atoms with Gasteiger partial charge in [0.05, 0.1) is 0 Å². The zero-order chi connectivity index (χ0) is 14.8. The first-order valence-corrected chi connectivity index (χ1v) is 6.99. The van der Waals surface area contributed by atoms with Crippen LogP contribution in [0, 0.1) is 5.82 Å². The van der Waals surface area contributed by atoms with E-state index in [1.807, 2.05) is 24.3 Å². The van der Waals surface area contributed by atoms with E-state index in [4.69, 9.17) is 0 Å². The molecule has 0 aromatic heterocycles. The maximum absolute atomic E-state index is 12.9. The minimum absolute atomic E-state index is 0.342. The molecule has 3 rings (SSSR count). The largest absolute Gasteiger partial charge is 0.479 e. The van der Waals surface area contributed by atoms with E-state index in [1.54, 1.807) is 12.1 Å². The van der Waals surface area contributed by atoms with Crippen molar-refractivity contribution in [1.82, 2.24) is 0 Å². The second-order valence-corrected chi connectivity index (χ2v) is 5.33. The minimum Gasteiger partial charge on any atom is -0.479 e. The smallest absolute Gasteiger partial charge is 0.330 e. The van der Waals surface area contributed by atoms with Crippen molar-refractivity contribution in [2.45, 2.75) is 24.8 Å². The molecule has 0 radical (unpaired) electrons. The molecule has 2 N–H and O–H groups in total. The summed E-state index contributed by atoms with van der Waals surface area (Å²) in [5.74, 6) is -0.809. The van der Waals surface area contributed by atoms with Crippen LogP contribution in [0.15, 0.2) is 48.5 Å². The molecule has 108 valence electrons. The highest BCUT2D eigenvalue weighted by Gasteiger charge is 2.30. The SMILES string of the molecule is O=C(O)C(Nc1ccc(F)cc1)c1ccccc1C1CC1. The van der Waals surface area contributed by atoms with E-state index in [9.17, 15) is 14.3 Å². The summed E-state index contributed by atoms with van der Waals surface area (Å²) in [5, 5.41) is 12.5. The summed E-state index contributed by atoms with van der Waals surface area (Å²) in [4.78, 5) is 11.6. The molecule has 21 heavy (non-hydrogen) atoms. The molecule has 0 saturated heterocycles. The lowest BCUT2D eigenvalue weighted by Crippen LogP contribution is -2.21. The molecule has 2 aromatic rings. The van der Waals surface area contributed by atoms with Gasteiger partial charge in [0.25, 0.3) is 0 Å². The molecule has 2 aromatic carbocycles. The van der Waals surface area contributed by atoms with Gasteiger partial charge in [0.1, 0.15) is 5.82 Å². The number of anilines is 1. The van der Waals surface area contributed by atoms with Gasteiger partial charge in [-0.05, 0) is 54.2 Å². The summed E-state index contributed by atoms with van der Waals surface area (Å²) < 4.78 is 12.9. The van der Waals surface area contributed by atoms with Crippen molar-refractivity contribution in [2.24, 2.45) is 0 Å². The van der Waals surface area contributed by atoms with Crippen molar-refractivity contribution in [2.75, 3.05) is 5.32 Å². The van der Waals surface area contributed by atoms with Gasteiger partial charge in [0.2, 0.25) is 0 Å². The highest BCUT2D eigenvalue weighted by molar-refractivity contribution is 5.80. The van der Waals surface area contributed by atoms with Crippen molar-refractivity contribution in [1.29, 1.82) is 0 Å². The summed E-state index contributed by atoms with van der Waals surface area (Å²) in [6, 6.07) is 12.5. The molecular formula is C17H16FNO2. The highest BCUT2D eigenvalue weighted by Crippen LogP contribution is 2.43. The average Bonchev–Trinajstić information content (AvgIpc) is 3.31. The third-order valence-electron chi connectivity index (χ3n) is 3.73. The fraction of sp³-hybridized carbons (Fsp3) is 0.235. The Kier molecular flexibility index (Phi) is 3.60. The topological polar surface area (TPSA) is 49.3 Å². The lowest BCUT2D eigenvalue weighted by molar-refractivity contribution is -0.138. The second kappa shape index (κ2) is 5.56. The summed E-state index contributed by atoms with van der Waals surface area (Å²) in [6.07, 6.45) is 2.22. The van der Waals surface area contributed by atoms with Gasteiger partial charge in [-0.3, -0.25) is 0 Å². The number of carboxylic acids is 1. The van der Waals surface area contributed by atoms with Crippen LogP contribution in [-0.4, -0.2) is 11.1 Å². The van der Waals surface area contributed by atoms with Gasteiger partial charge < -0.3 is 10.4 Å². The minimum atomic E-state index is -0.938. The molecule has 1 atom stereocenters. The third kappa shape index (κ3) is 3.05. The molecule has 1 unspecified atom stereocenters. The highest BCUT2D eigenvalue weighted by atomic mass is 19.1. The molecule has 0 spiro atoms. The Hall–Kier alpha value is -2.36. The van der Waals surface area contributed by atoms with Crippen LogP contribution in [-0.2, 0) is 4.79 Å². The quantitative estimate of drug-likeness (QED) is 0.874. The van der Waals surface area contributed by atoms with Gasteiger partial charge in [-0.25, -0.2) is 9.18 Å². The molecule has 0 bridgehead atoms. The number of halogens is 1. The number of rotatable bonds is 5. The van der Waals surface area contributed by atoms with Crippen LogP contribution in [0.1, 0.15) is 35.9 Å². The number of hydrogen-bond donors (Lipinski definition) is 2. The Morgan fingerprint density at radius 3 is 2.43 bits per heavy atom. The van der Waals surface area contributed by atoms with E-state index in [0.717, 1.165) is 24.0 Å². The normalized spacial score (nSPS) is 15.5. The molecule has 3 nitrogen and oxygen atoms in total. The van der Waals surface area contributed by atoms with Crippen LogP contribution < -0.4 is 5.32 Å². The monoisotopic (exact) mass is 285 g/mol. The number of aliphatic carboxylic acids is 1. The Morgan fingerprint density at radius 2 is 1.81 bits per heavy atom. The zero-order valence-corrected chi connectivity index (χ0v) is 11.4. The van der Waals surface area contributed by atoms with Gasteiger partial charge in [-0.15, -0.1) is 0 Å². The van der Waals surface area contributed by atoms with Crippen molar-refractivity contribution >= 4 is 11.7 Å². The van der Waals surface area contributed by atoms with Crippen LogP contribution in [0.3, 0.4) is 0 Å². The van der Waals surface area contributed by atoms with Gasteiger partial charge in [0, 0.05) is 5.69 Å². The maximum Gasteiger partial charge on any atom is 0.330 e. The summed E-state index contributed by atoms with van der Waals surface area (Å²) in [5.41, 5.74) is 2.48. The number of carbonyl (C=O) groups is 1. The Bertz CT molecular complexity index is 650. The Morgan fingerprint density at radius 1 is 1.14 bits per heavy atom. The van der Waals surface area contributed by atoms with Gasteiger partial charge in [-0.1, -0.05) is 24.3 Å². The van der Waals surface area contributed by atoms with Crippen molar-refractivity contribution in [3.05, 3.63) is 65.5 Å². The molecule has 0 amide bonds. The number of carboxylic acid groups (broad SMARTS) is 1. The summed E-state index contributed by atoms with van der Waals surface area (Å²) in [7, 11) is 0. The van der Waals surface area contributed by atoms with Crippen LogP contribution >= 0.6 is 0 Å². The zero-order valence-electron chi connectivity index (χ0n) is 11.4. The van der Waals surface area contributed by atoms with Gasteiger partial charge in [0.15, 0.2) is 6.04 Å². The van der Waals surface area contributed by atoms with E-state index >= 15 is 0 Å². The molecule has 1 fully saturated rings. The van der Waals surface area contributed by atoms with E-state index in [1.165, 1.54) is 12.1 Å². The summed E-state index contributed by atoms with van der Waals surface area (Å²) >= 11 is 0. The molecular weight excluding hydrogens is 269 g/mol. The fourth-order valence-corrected chi connectivity index (χ4v) is 2.53. The first-order chi connectivity index (χ1) is 10.1. The first-order valence-electron chi connectivity index (χ1n) is 6.99. The third-order valence-corrected chi connectivity index (χ3v) is 3.73. The fourth-order valence-electron chi connectivity index (χ4n) is 2.53. The van der Waals surface area contributed by atoms with Crippen LogP contribution in [0.5, 0.6) is 0 Å². The molecule has 0 aliphatic heterocycles. The molecule has 1 aliphatic rings. The number of benzene rings is 2. The molecule has 0 heterocycles. The predicted molar refractivity (Wildman–Crippen MR) is 78.8 cm³/mol. The van der Waals surface area contributed by atoms with E-state index in [-0.39, 0.29) is 5.82 Å². The van der Waals surface area contributed by atoms with E-state index in [2.05, 4.69) is 5.32 Å². The Balaban J connectivity index is 1.91. The first kappa shape index (κ1) is 13.6. The number of nitrogens with one attached hydrogen (secondary N) is 1. The maximum atomic E-state index is 12.9. The molecule has 1 aliphatic carbocycles. The van der Waals surface area contributed by atoms with Crippen LogP contribution in [0.2, 0.25) is 0 Å². The van der Waals surface area contributed by atoms with Crippen LogP contribution in [0.4, 0.5) is 10.1 Å². The van der Waals surface area contributed by atoms with E-state index < -0.39 is 12.0 Å². The molecule has 1 saturated carbocycles. The standard InChI is InChI=1S/C17H16FNO2/c18-12-7-9-13(10-8-12)19-16(17(20)21)15-4-2-1-3-14(15)11-5-6-11/h1-4,7-11,16,19H,5-6H2,(H,20,21). The second-order valence-electron chi connectivity index (χ2n) is 5.33. The lowest BCUT2D eigenvalue weighted by atomic mass is 9.97. The van der Waals surface area contributed by atoms with Crippen molar-refractivity contribution < 1.29 is 14.3 Å². The summed E-state index contributed by atoms with van der Waals surface area (Å²) in [6.45, 7) is 0. The number of hydrogen-bond acceptors (Lipinski definition) is 2. The average molecular weight is 285 g/mol. The van der Waals surface area contributed by atoms with Crippen molar-refractivity contribution in [3.8, 4) is 0 Å².